The molecule has 0 aliphatic carbocycles. The molecule has 1 aromatic carbocycles. The number of piperidine rings is 1. The third-order valence-corrected chi connectivity index (χ3v) is 5.69. The molecule has 0 spiro atoms. The minimum absolute atomic E-state index is 0.0134. The van der Waals surface area contributed by atoms with E-state index in [0.717, 1.165) is 4.31 Å². The Hall–Kier alpha value is -1.28. The smallest absolute Gasteiger partial charge is 0.393 e. The highest BCUT2D eigenvalue weighted by molar-refractivity contribution is 7.89. The third kappa shape index (κ3) is 3.32. The van der Waals surface area contributed by atoms with Gasteiger partial charge in [-0.3, -0.25) is 0 Å². The molecule has 1 atom stereocenters. The summed E-state index contributed by atoms with van der Waals surface area (Å²) in [6, 6.07) is 4.28. The predicted octanol–water partition coefficient (Wildman–Crippen LogP) is 2.54. The highest BCUT2D eigenvalue weighted by atomic mass is 32.2. The van der Waals surface area contributed by atoms with E-state index in [9.17, 15) is 21.6 Å². The van der Waals surface area contributed by atoms with E-state index in [0.29, 0.717) is 11.3 Å². The lowest BCUT2D eigenvalue weighted by atomic mass is 9.99. The van der Waals surface area contributed by atoms with Crippen molar-refractivity contribution in [3.8, 4) is 0 Å². The summed E-state index contributed by atoms with van der Waals surface area (Å²) in [5.41, 5.74) is 6.42. The molecule has 0 saturated carbocycles. The Kier molecular flexibility index (Phi) is 4.21. The van der Waals surface area contributed by atoms with E-state index in [1.165, 1.54) is 18.2 Å². The van der Waals surface area contributed by atoms with Crippen molar-refractivity contribution in [1.82, 2.24) is 4.31 Å². The average molecular weight is 322 g/mol. The maximum absolute atomic E-state index is 12.8. The molecule has 8 heteroatoms. The van der Waals surface area contributed by atoms with Gasteiger partial charge in [-0.1, -0.05) is 0 Å². The molecule has 1 saturated heterocycles. The van der Waals surface area contributed by atoms with Crippen LogP contribution in [0.1, 0.15) is 18.4 Å². The van der Waals surface area contributed by atoms with Crippen molar-refractivity contribution < 1.29 is 21.6 Å². The largest absolute Gasteiger partial charge is 0.399 e. The topological polar surface area (TPSA) is 63.4 Å². The minimum atomic E-state index is -4.37. The van der Waals surface area contributed by atoms with Gasteiger partial charge in [-0.25, -0.2) is 8.42 Å². The number of nitrogen functional groups attached to an aromatic ring is 1. The Bertz CT molecular complexity index is 629. The summed E-state index contributed by atoms with van der Waals surface area (Å²) in [6.45, 7) is 1.17. The van der Waals surface area contributed by atoms with Gasteiger partial charge in [-0.2, -0.15) is 17.5 Å². The number of benzene rings is 1. The molecule has 2 N–H and O–H groups in total. The zero-order valence-electron chi connectivity index (χ0n) is 11.5. The van der Waals surface area contributed by atoms with Gasteiger partial charge < -0.3 is 5.73 Å². The Labute approximate surface area is 121 Å². The molecule has 0 radical (unpaired) electrons. The number of sulfonamides is 1. The molecule has 0 amide bonds. The molecule has 1 unspecified atom stereocenters. The molecule has 21 heavy (non-hydrogen) atoms. The SMILES string of the molecule is Cc1cc(N)ccc1S(=O)(=O)N1CCCC(C(F)(F)F)C1. The first kappa shape index (κ1) is 16.1. The number of nitrogens with two attached hydrogens (primary N) is 1. The molecule has 1 aliphatic heterocycles. The van der Waals surface area contributed by atoms with Gasteiger partial charge >= 0.3 is 6.18 Å². The second-order valence-corrected chi connectivity index (χ2v) is 7.18. The number of alkyl halides is 3. The predicted molar refractivity (Wildman–Crippen MR) is 73.1 cm³/mol. The van der Waals surface area contributed by atoms with Crippen molar-refractivity contribution in [2.75, 3.05) is 18.8 Å². The molecule has 0 aromatic heterocycles. The number of anilines is 1. The number of nitrogens with zero attached hydrogens (tertiary/aromatic N) is 1. The van der Waals surface area contributed by atoms with E-state index < -0.39 is 28.7 Å². The minimum Gasteiger partial charge on any atom is -0.399 e. The maximum Gasteiger partial charge on any atom is 0.393 e. The lowest BCUT2D eigenvalue weighted by Gasteiger charge is -2.33. The summed E-state index contributed by atoms with van der Waals surface area (Å²) in [7, 11) is -3.92. The van der Waals surface area contributed by atoms with E-state index in [1.54, 1.807) is 6.92 Å². The zero-order valence-corrected chi connectivity index (χ0v) is 12.3. The van der Waals surface area contributed by atoms with Crippen molar-refractivity contribution in [2.45, 2.75) is 30.8 Å². The lowest BCUT2D eigenvalue weighted by Crippen LogP contribution is -2.44. The van der Waals surface area contributed by atoms with Crippen LogP contribution in [0.15, 0.2) is 23.1 Å². The van der Waals surface area contributed by atoms with Gasteiger partial charge in [0.05, 0.1) is 10.8 Å². The molecule has 1 heterocycles. The summed E-state index contributed by atoms with van der Waals surface area (Å²) in [5.74, 6) is -1.60. The van der Waals surface area contributed by atoms with Crippen molar-refractivity contribution in [3.05, 3.63) is 23.8 Å². The third-order valence-electron chi connectivity index (χ3n) is 3.66. The number of halogens is 3. The quantitative estimate of drug-likeness (QED) is 0.851. The van der Waals surface area contributed by atoms with Crippen LogP contribution in [0.25, 0.3) is 0 Å². The van der Waals surface area contributed by atoms with Gasteiger partial charge in [0, 0.05) is 18.8 Å². The molecule has 1 fully saturated rings. The van der Waals surface area contributed by atoms with Crippen LogP contribution in [-0.4, -0.2) is 32.0 Å². The van der Waals surface area contributed by atoms with E-state index in [-0.39, 0.29) is 24.3 Å². The van der Waals surface area contributed by atoms with E-state index >= 15 is 0 Å². The van der Waals surface area contributed by atoms with Gasteiger partial charge in [0.2, 0.25) is 10.0 Å². The fourth-order valence-electron chi connectivity index (χ4n) is 2.53. The molecule has 118 valence electrons. The Morgan fingerprint density at radius 2 is 2.00 bits per heavy atom. The highest BCUT2D eigenvalue weighted by Crippen LogP contribution is 2.35. The van der Waals surface area contributed by atoms with Crippen molar-refractivity contribution in [2.24, 2.45) is 5.92 Å². The Morgan fingerprint density at radius 1 is 1.33 bits per heavy atom. The van der Waals surface area contributed by atoms with Gasteiger partial charge in [0.1, 0.15) is 0 Å². The zero-order chi connectivity index (χ0) is 15.8. The van der Waals surface area contributed by atoms with Crippen LogP contribution in [0.5, 0.6) is 0 Å². The van der Waals surface area contributed by atoms with Crippen molar-refractivity contribution >= 4 is 15.7 Å². The van der Waals surface area contributed by atoms with E-state index in [4.69, 9.17) is 5.73 Å². The summed E-state index contributed by atoms with van der Waals surface area (Å²) in [6.07, 6.45) is -4.20. The number of hydrogen-bond donors (Lipinski definition) is 1. The monoisotopic (exact) mass is 322 g/mol. The summed E-state index contributed by atoms with van der Waals surface area (Å²) < 4.78 is 64.3. The first-order valence-electron chi connectivity index (χ1n) is 6.55. The fraction of sp³-hybridized carbons (Fsp3) is 0.538. The van der Waals surface area contributed by atoms with E-state index in [2.05, 4.69) is 0 Å². The molecule has 4 nitrogen and oxygen atoms in total. The van der Waals surface area contributed by atoms with Crippen molar-refractivity contribution in [3.63, 3.8) is 0 Å². The Morgan fingerprint density at radius 3 is 2.57 bits per heavy atom. The molecule has 1 aliphatic rings. The van der Waals surface area contributed by atoms with Crippen LogP contribution in [0.2, 0.25) is 0 Å². The highest BCUT2D eigenvalue weighted by Gasteiger charge is 2.44. The van der Waals surface area contributed by atoms with Crippen LogP contribution in [0.4, 0.5) is 18.9 Å². The second-order valence-electron chi connectivity index (χ2n) is 5.27. The molecule has 0 bridgehead atoms. The summed E-state index contributed by atoms with van der Waals surface area (Å²) >= 11 is 0. The Balaban J connectivity index is 2.31. The van der Waals surface area contributed by atoms with Gasteiger partial charge in [0.25, 0.3) is 0 Å². The summed E-state index contributed by atoms with van der Waals surface area (Å²) in [4.78, 5) is 0.0134. The second kappa shape index (κ2) is 5.49. The van der Waals surface area contributed by atoms with Gasteiger partial charge in [-0.05, 0) is 43.5 Å². The molecular formula is C13H17F3N2O2S. The summed E-state index contributed by atoms with van der Waals surface area (Å²) in [5, 5.41) is 0. The first-order valence-corrected chi connectivity index (χ1v) is 7.99. The van der Waals surface area contributed by atoms with Crippen molar-refractivity contribution in [1.29, 1.82) is 0 Å². The van der Waals surface area contributed by atoms with Gasteiger partial charge in [-0.15, -0.1) is 0 Å². The standard InChI is InChI=1S/C13H17F3N2O2S/c1-9-7-11(17)4-5-12(9)21(19,20)18-6-2-3-10(8-18)13(14,15)16/h4-5,7,10H,2-3,6,8,17H2,1H3. The average Bonchev–Trinajstić information content (AvgIpc) is 2.37. The van der Waals surface area contributed by atoms with Crippen LogP contribution in [0, 0.1) is 12.8 Å². The lowest BCUT2D eigenvalue weighted by molar-refractivity contribution is -0.182. The van der Waals surface area contributed by atoms with Crippen LogP contribution >= 0.6 is 0 Å². The first-order chi connectivity index (χ1) is 9.62. The van der Waals surface area contributed by atoms with E-state index in [1.807, 2.05) is 0 Å². The molecular weight excluding hydrogens is 305 g/mol. The number of hydrogen-bond acceptors (Lipinski definition) is 3. The van der Waals surface area contributed by atoms with Gasteiger partial charge in [0.15, 0.2) is 0 Å². The maximum atomic E-state index is 12.8. The molecule has 2 rings (SSSR count). The van der Waals surface area contributed by atoms with Crippen LogP contribution < -0.4 is 5.73 Å². The van der Waals surface area contributed by atoms with Crippen LogP contribution in [-0.2, 0) is 10.0 Å². The normalized spacial score (nSPS) is 21.4. The molecule has 1 aromatic rings. The van der Waals surface area contributed by atoms with Crippen LogP contribution in [0.3, 0.4) is 0 Å². The number of rotatable bonds is 2. The number of aryl methyl sites for hydroxylation is 1. The fourth-order valence-corrected chi connectivity index (χ4v) is 4.26.